The molecule has 2 heteroatoms. The quantitative estimate of drug-likeness (QED) is 0.276. The van der Waals surface area contributed by atoms with Gasteiger partial charge in [-0.1, -0.05) is 113 Å². The molecule has 1 nitrogen and oxygen atoms in total. The lowest BCUT2D eigenvalue weighted by Gasteiger charge is -2.16. The van der Waals surface area contributed by atoms with Crippen LogP contribution >= 0.6 is 15.9 Å². The molecule has 2 N–H and O–H groups in total. The Morgan fingerprint density at radius 3 is 1.90 bits per heavy atom. The van der Waals surface area contributed by atoms with Crippen LogP contribution in [-0.2, 0) is 0 Å². The molecule has 0 unspecified atom stereocenters. The predicted molar refractivity (Wildman–Crippen MR) is 132 cm³/mol. The normalized spacial score (nSPS) is 11.0. The van der Waals surface area contributed by atoms with E-state index in [9.17, 15) is 0 Å². The minimum absolute atomic E-state index is 0.768. The molecule has 5 rings (SSSR count). The lowest BCUT2D eigenvalue weighted by molar-refractivity contribution is 1.55. The highest BCUT2D eigenvalue weighted by Crippen LogP contribution is 2.41. The number of benzene rings is 5. The van der Waals surface area contributed by atoms with Gasteiger partial charge in [0.05, 0.1) is 0 Å². The Morgan fingerprint density at radius 2 is 1.10 bits per heavy atom. The Kier molecular flexibility index (Phi) is 4.86. The van der Waals surface area contributed by atoms with Crippen LogP contribution in [0.15, 0.2) is 114 Å². The molecule has 0 radical (unpaired) electrons. The van der Waals surface area contributed by atoms with E-state index in [1.807, 2.05) is 18.2 Å². The molecule has 0 spiro atoms. The van der Waals surface area contributed by atoms with E-state index < -0.39 is 0 Å². The number of hydrogen-bond donors (Lipinski definition) is 1. The number of hydrogen-bond acceptors (Lipinski definition) is 1. The summed E-state index contributed by atoms with van der Waals surface area (Å²) in [5.41, 5.74) is 14.2. The third kappa shape index (κ3) is 3.30. The van der Waals surface area contributed by atoms with Gasteiger partial charge in [0.25, 0.3) is 0 Å². The van der Waals surface area contributed by atoms with E-state index >= 15 is 0 Å². The van der Waals surface area contributed by atoms with Crippen molar-refractivity contribution in [1.29, 1.82) is 0 Å². The van der Waals surface area contributed by atoms with Gasteiger partial charge >= 0.3 is 0 Å². The van der Waals surface area contributed by atoms with Crippen LogP contribution in [0.2, 0.25) is 0 Å². The Labute approximate surface area is 184 Å². The number of anilines is 1. The van der Waals surface area contributed by atoms with Gasteiger partial charge in [-0.25, -0.2) is 0 Å². The molecule has 0 aromatic heterocycles. The van der Waals surface area contributed by atoms with Crippen molar-refractivity contribution >= 4 is 32.4 Å². The Morgan fingerprint density at radius 1 is 0.500 bits per heavy atom. The largest absolute Gasteiger partial charge is 0.398 e. The van der Waals surface area contributed by atoms with Crippen molar-refractivity contribution in [2.24, 2.45) is 0 Å². The number of halogens is 1. The number of rotatable bonds is 3. The molecule has 30 heavy (non-hydrogen) atoms. The molecule has 0 fully saturated rings. The molecule has 0 bridgehead atoms. The van der Waals surface area contributed by atoms with Crippen LogP contribution in [0.25, 0.3) is 44.2 Å². The SMILES string of the molecule is Nc1cc(-c2ccccc2)c(Br)cc1-c1ccccc1-c1cccc2ccccc12. The highest BCUT2D eigenvalue weighted by atomic mass is 79.9. The van der Waals surface area contributed by atoms with Crippen molar-refractivity contribution in [3.8, 4) is 33.4 Å². The van der Waals surface area contributed by atoms with Crippen LogP contribution in [0, 0.1) is 0 Å². The zero-order valence-corrected chi connectivity index (χ0v) is 17.9. The van der Waals surface area contributed by atoms with Gasteiger partial charge in [0, 0.05) is 15.7 Å². The first-order chi connectivity index (χ1) is 14.7. The summed E-state index contributed by atoms with van der Waals surface area (Å²) in [6.45, 7) is 0. The average Bonchev–Trinajstić information content (AvgIpc) is 2.80. The first-order valence-corrected chi connectivity index (χ1v) is 10.7. The van der Waals surface area contributed by atoms with Gasteiger partial charge in [0.15, 0.2) is 0 Å². The van der Waals surface area contributed by atoms with Crippen molar-refractivity contribution < 1.29 is 0 Å². The fourth-order valence-corrected chi connectivity index (χ4v) is 4.65. The highest BCUT2D eigenvalue weighted by molar-refractivity contribution is 9.10. The zero-order chi connectivity index (χ0) is 20.5. The fourth-order valence-electron chi connectivity index (χ4n) is 4.08. The van der Waals surface area contributed by atoms with Crippen molar-refractivity contribution in [2.45, 2.75) is 0 Å². The van der Waals surface area contributed by atoms with Crippen LogP contribution in [-0.4, -0.2) is 0 Å². The third-order valence-electron chi connectivity index (χ3n) is 5.52. The Balaban J connectivity index is 1.71. The van der Waals surface area contributed by atoms with Crippen molar-refractivity contribution in [1.82, 2.24) is 0 Å². The van der Waals surface area contributed by atoms with Gasteiger partial charge in [-0.3, -0.25) is 0 Å². The molecule has 0 aliphatic carbocycles. The summed E-state index contributed by atoms with van der Waals surface area (Å²) in [4.78, 5) is 0. The van der Waals surface area contributed by atoms with E-state index in [0.717, 1.165) is 32.4 Å². The molecule has 0 saturated carbocycles. The maximum absolute atomic E-state index is 6.60. The highest BCUT2D eigenvalue weighted by Gasteiger charge is 2.14. The van der Waals surface area contributed by atoms with E-state index in [-0.39, 0.29) is 0 Å². The summed E-state index contributed by atoms with van der Waals surface area (Å²) in [5.74, 6) is 0. The first-order valence-electron chi connectivity index (χ1n) is 9.94. The van der Waals surface area contributed by atoms with E-state index in [1.54, 1.807) is 0 Å². The van der Waals surface area contributed by atoms with Gasteiger partial charge in [0.1, 0.15) is 0 Å². The summed E-state index contributed by atoms with van der Waals surface area (Å²) >= 11 is 3.78. The topological polar surface area (TPSA) is 26.0 Å². The van der Waals surface area contributed by atoms with E-state index in [0.29, 0.717) is 0 Å². The third-order valence-corrected chi connectivity index (χ3v) is 6.18. The van der Waals surface area contributed by atoms with Gasteiger partial charge in [0.2, 0.25) is 0 Å². The van der Waals surface area contributed by atoms with Crippen LogP contribution in [0.3, 0.4) is 0 Å². The lowest BCUT2D eigenvalue weighted by atomic mass is 9.90. The van der Waals surface area contributed by atoms with Gasteiger partial charge in [-0.15, -0.1) is 0 Å². The average molecular weight is 450 g/mol. The lowest BCUT2D eigenvalue weighted by Crippen LogP contribution is -1.94. The van der Waals surface area contributed by atoms with Crippen LogP contribution < -0.4 is 5.73 Å². The molecule has 5 aromatic carbocycles. The number of fused-ring (bicyclic) bond motifs is 1. The summed E-state index contributed by atoms with van der Waals surface area (Å²) in [6.07, 6.45) is 0. The monoisotopic (exact) mass is 449 g/mol. The molecular formula is C28H20BrN. The standard InChI is InChI=1S/C28H20BrN/c29-27-17-26(28(30)18-25(27)20-9-2-1-3-10-20)24-15-7-6-14-23(24)22-16-8-12-19-11-4-5-13-21(19)22/h1-18H,30H2. The van der Waals surface area contributed by atoms with Crippen LogP contribution in [0.1, 0.15) is 0 Å². The molecular weight excluding hydrogens is 430 g/mol. The Bertz CT molecular complexity index is 1350. The number of nitrogens with two attached hydrogens (primary N) is 1. The van der Waals surface area contributed by atoms with Gasteiger partial charge in [-0.05, 0) is 50.7 Å². The van der Waals surface area contributed by atoms with Crippen molar-refractivity contribution in [2.75, 3.05) is 5.73 Å². The summed E-state index contributed by atoms with van der Waals surface area (Å²) in [7, 11) is 0. The minimum atomic E-state index is 0.768. The smallest absolute Gasteiger partial charge is 0.0400 e. The molecule has 0 aliphatic rings. The minimum Gasteiger partial charge on any atom is -0.398 e. The molecule has 0 atom stereocenters. The van der Waals surface area contributed by atoms with E-state index in [4.69, 9.17) is 5.73 Å². The van der Waals surface area contributed by atoms with Crippen molar-refractivity contribution in [3.05, 3.63) is 114 Å². The summed E-state index contributed by atoms with van der Waals surface area (Å²) in [5, 5.41) is 2.48. The van der Waals surface area contributed by atoms with Gasteiger partial charge in [-0.2, -0.15) is 0 Å². The molecule has 144 valence electrons. The maximum atomic E-state index is 6.60. The summed E-state index contributed by atoms with van der Waals surface area (Å²) in [6, 6.07) is 38.0. The van der Waals surface area contributed by atoms with Crippen LogP contribution in [0.4, 0.5) is 5.69 Å². The zero-order valence-electron chi connectivity index (χ0n) is 16.3. The van der Waals surface area contributed by atoms with Crippen LogP contribution in [0.5, 0.6) is 0 Å². The second-order valence-electron chi connectivity index (χ2n) is 7.36. The van der Waals surface area contributed by atoms with Crippen molar-refractivity contribution in [3.63, 3.8) is 0 Å². The van der Waals surface area contributed by atoms with E-state index in [1.165, 1.54) is 21.9 Å². The molecule has 0 aliphatic heterocycles. The first kappa shape index (κ1) is 18.7. The number of nitrogen functional groups attached to an aromatic ring is 1. The summed E-state index contributed by atoms with van der Waals surface area (Å²) < 4.78 is 1.03. The van der Waals surface area contributed by atoms with E-state index in [2.05, 4.69) is 107 Å². The molecule has 0 amide bonds. The molecule has 0 saturated heterocycles. The second-order valence-corrected chi connectivity index (χ2v) is 8.21. The molecule has 5 aromatic rings. The second kappa shape index (κ2) is 7.81. The van der Waals surface area contributed by atoms with Gasteiger partial charge < -0.3 is 5.73 Å². The molecule has 0 heterocycles. The predicted octanol–water partition coefficient (Wildman–Crippen LogP) is 8.19. The Hall–Kier alpha value is -3.36. The maximum Gasteiger partial charge on any atom is 0.0400 e. The fraction of sp³-hybridized carbons (Fsp3) is 0.